The fourth-order valence-electron chi connectivity index (χ4n) is 2.54. The van der Waals surface area contributed by atoms with Crippen molar-refractivity contribution >= 4 is 29.5 Å². The number of nitrogens with one attached hydrogen (secondary N) is 2. The summed E-state index contributed by atoms with van der Waals surface area (Å²) in [6.07, 6.45) is 3.04. The molecule has 0 atom stereocenters. The highest BCUT2D eigenvalue weighted by Gasteiger charge is 2.15. The van der Waals surface area contributed by atoms with E-state index in [1.165, 1.54) is 6.08 Å². The largest absolute Gasteiger partial charge is 0.457 e. The molecule has 2 aromatic carbocycles. The van der Waals surface area contributed by atoms with Crippen LogP contribution in [0.1, 0.15) is 16.1 Å². The zero-order valence-electron chi connectivity index (χ0n) is 15.5. The number of hydrogen-bond donors (Lipinski definition) is 2. The molecular weight excluding hydrogens is 388 g/mol. The molecule has 2 amide bonds. The first kappa shape index (κ1) is 20.2. The van der Waals surface area contributed by atoms with Crippen molar-refractivity contribution in [1.82, 2.24) is 10.6 Å². The Morgan fingerprint density at radius 2 is 1.72 bits per heavy atom. The van der Waals surface area contributed by atoms with E-state index < -0.39 is 11.8 Å². The Hall–Kier alpha value is -3.57. The summed E-state index contributed by atoms with van der Waals surface area (Å²) in [4.78, 5) is 25.0. The lowest BCUT2D eigenvalue weighted by Gasteiger charge is -2.09. The van der Waals surface area contributed by atoms with Crippen molar-refractivity contribution in [3.63, 3.8) is 0 Å². The fraction of sp³-hybridized carbons (Fsp3) is 0.0435. The second-order valence-electron chi connectivity index (χ2n) is 6.09. The predicted octanol–water partition coefficient (Wildman–Crippen LogP) is 4.67. The molecule has 0 saturated carbocycles. The molecule has 0 fully saturated rings. The van der Waals surface area contributed by atoms with E-state index in [4.69, 9.17) is 16.0 Å². The molecule has 0 saturated heterocycles. The maximum Gasteiger partial charge on any atom is 0.268 e. The lowest BCUT2D eigenvalue weighted by molar-refractivity contribution is -0.117. The molecule has 0 aliphatic rings. The normalized spacial score (nSPS) is 11.0. The van der Waals surface area contributed by atoms with Gasteiger partial charge < -0.3 is 15.1 Å². The van der Waals surface area contributed by atoms with Crippen LogP contribution >= 0.6 is 11.6 Å². The third kappa shape index (κ3) is 5.46. The summed E-state index contributed by atoms with van der Waals surface area (Å²) >= 11 is 5.92. The summed E-state index contributed by atoms with van der Waals surface area (Å²) in [5, 5.41) is 5.93. The van der Waals surface area contributed by atoms with E-state index in [1.54, 1.807) is 54.6 Å². The van der Waals surface area contributed by atoms with Crippen LogP contribution in [-0.2, 0) is 4.79 Å². The molecule has 3 aromatic rings. The number of rotatable bonds is 7. The lowest BCUT2D eigenvalue weighted by Crippen LogP contribution is -2.34. The number of carbonyl (C=O) groups is 2. The van der Waals surface area contributed by atoms with Crippen LogP contribution in [0.15, 0.2) is 89.5 Å². The van der Waals surface area contributed by atoms with Gasteiger partial charge in [-0.25, -0.2) is 0 Å². The molecule has 5 nitrogen and oxygen atoms in total. The minimum atomic E-state index is -0.446. The Morgan fingerprint density at radius 3 is 2.41 bits per heavy atom. The SMILES string of the molecule is C=CCNC(=O)/C(=C\c1ccc(-c2ccc(Cl)cc2)o1)NC(=O)c1ccccc1. The van der Waals surface area contributed by atoms with E-state index in [1.807, 2.05) is 18.2 Å². The number of benzene rings is 2. The predicted molar refractivity (Wildman–Crippen MR) is 114 cm³/mol. The first-order valence-electron chi connectivity index (χ1n) is 8.90. The van der Waals surface area contributed by atoms with Crippen LogP contribution in [0.2, 0.25) is 5.02 Å². The van der Waals surface area contributed by atoms with Gasteiger partial charge in [0.15, 0.2) is 0 Å². The van der Waals surface area contributed by atoms with E-state index in [9.17, 15) is 9.59 Å². The molecule has 0 aliphatic heterocycles. The maximum absolute atomic E-state index is 12.5. The highest BCUT2D eigenvalue weighted by molar-refractivity contribution is 6.30. The minimum absolute atomic E-state index is 0.0673. The summed E-state index contributed by atoms with van der Waals surface area (Å²) in [6, 6.07) is 19.4. The summed E-state index contributed by atoms with van der Waals surface area (Å²) in [6.45, 7) is 3.85. The van der Waals surface area contributed by atoms with Crippen molar-refractivity contribution in [1.29, 1.82) is 0 Å². The number of furan rings is 1. The average Bonchev–Trinajstić information content (AvgIpc) is 3.21. The fourth-order valence-corrected chi connectivity index (χ4v) is 2.67. The molecule has 146 valence electrons. The Bertz CT molecular complexity index is 1040. The number of halogens is 1. The standard InChI is InChI=1S/C23H19ClN2O3/c1-2-14-25-23(28)20(26-22(27)17-6-4-3-5-7-17)15-19-12-13-21(29-19)16-8-10-18(24)11-9-16/h2-13,15H,1,14H2,(H,25,28)(H,26,27)/b20-15+. The van der Waals surface area contributed by atoms with E-state index in [-0.39, 0.29) is 12.2 Å². The van der Waals surface area contributed by atoms with Gasteiger partial charge in [0.25, 0.3) is 11.8 Å². The zero-order chi connectivity index (χ0) is 20.6. The molecule has 0 aliphatic carbocycles. The van der Waals surface area contributed by atoms with E-state index in [0.717, 1.165) is 5.56 Å². The van der Waals surface area contributed by atoms with Gasteiger partial charge in [0.1, 0.15) is 17.2 Å². The molecule has 3 rings (SSSR count). The topological polar surface area (TPSA) is 71.3 Å². The van der Waals surface area contributed by atoms with E-state index >= 15 is 0 Å². The van der Waals surface area contributed by atoms with E-state index in [0.29, 0.717) is 22.1 Å². The summed E-state index contributed by atoms with van der Waals surface area (Å²) < 4.78 is 5.81. The van der Waals surface area contributed by atoms with Gasteiger partial charge in [0.2, 0.25) is 0 Å². The van der Waals surface area contributed by atoms with Crippen LogP contribution in [-0.4, -0.2) is 18.4 Å². The zero-order valence-corrected chi connectivity index (χ0v) is 16.3. The molecule has 0 radical (unpaired) electrons. The van der Waals surface area contributed by atoms with Crippen molar-refractivity contribution in [3.05, 3.63) is 101 Å². The third-order valence-electron chi connectivity index (χ3n) is 3.98. The Kier molecular flexibility index (Phi) is 6.66. The summed E-state index contributed by atoms with van der Waals surface area (Å²) in [5.74, 6) is 0.203. The highest BCUT2D eigenvalue weighted by Crippen LogP contribution is 2.24. The molecule has 1 aromatic heterocycles. The van der Waals surface area contributed by atoms with Gasteiger partial charge in [-0.1, -0.05) is 35.9 Å². The first-order chi connectivity index (χ1) is 14.1. The van der Waals surface area contributed by atoms with Gasteiger partial charge in [-0.2, -0.15) is 0 Å². The van der Waals surface area contributed by atoms with Gasteiger partial charge in [-0.05, 0) is 48.5 Å². The molecule has 0 spiro atoms. The molecule has 2 N–H and O–H groups in total. The van der Waals surface area contributed by atoms with Gasteiger partial charge in [0.05, 0.1) is 0 Å². The molecule has 1 heterocycles. The van der Waals surface area contributed by atoms with Gasteiger partial charge in [0, 0.05) is 28.8 Å². The van der Waals surface area contributed by atoms with Crippen LogP contribution in [0, 0.1) is 0 Å². The maximum atomic E-state index is 12.5. The Morgan fingerprint density at radius 1 is 1.00 bits per heavy atom. The minimum Gasteiger partial charge on any atom is -0.457 e. The molecule has 0 unspecified atom stereocenters. The number of carbonyl (C=O) groups excluding carboxylic acids is 2. The average molecular weight is 407 g/mol. The highest BCUT2D eigenvalue weighted by atomic mass is 35.5. The molecule has 6 heteroatoms. The molecular formula is C23H19ClN2O3. The van der Waals surface area contributed by atoms with Crippen LogP contribution in [0.5, 0.6) is 0 Å². The Labute approximate surface area is 173 Å². The third-order valence-corrected chi connectivity index (χ3v) is 4.23. The first-order valence-corrected chi connectivity index (χ1v) is 9.27. The van der Waals surface area contributed by atoms with Crippen LogP contribution in [0.3, 0.4) is 0 Å². The second-order valence-corrected chi connectivity index (χ2v) is 6.52. The van der Waals surface area contributed by atoms with E-state index in [2.05, 4.69) is 17.2 Å². The van der Waals surface area contributed by atoms with Crippen molar-refractivity contribution in [2.24, 2.45) is 0 Å². The van der Waals surface area contributed by atoms with Crippen LogP contribution in [0.25, 0.3) is 17.4 Å². The van der Waals surface area contributed by atoms with Crippen molar-refractivity contribution in [2.75, 3.05) is 6.54 Å². The van der Waals surface area contributed by atoms with Gasteiger partial charge in [-0.3, -0.25) is 9.59 Å². The monoisotopic (exact) mass is 406 g/mol. The molecule has 0 bridgehead atoms. The van der Waals surface area contributed by atoms with Crippen molar-refractivity contribution < 1.29 is 14.0 Å². The molecule has 29 heavy (non-hydrogen) atoms. The number of amides is 2. The smallest absolute Gasteiger partial charge is 0.268 e. The van der Waals surface area contributed by atoms with Gasteiger partial charge >= 0.3 is 0 Å². The Balaban J connectivity index is 1.86. The van der Waals surface area contributed by atoms with Gasteiger partial charge in [-0.15, -0.1) is 6.58 Å². The van der Waals surface area contributed by atoms with Crippen molar-refractivity contribution in [3.8, 4) is 11.3 Å². The summed E-state index contributed by atoms with van der Waals surface area (Å²) in [7, 11) is 0. The summed E-state index contributed by atoms with van der Waals surface area (Å²) in [5.41, 5.74) is 1.36. The second kappa shape index (κ2) is 9.57. The van der Waals surface area contributed by atoms with Crippen LogP contribution in [0.4, 0.5) is 0 Å². The lowest BCUT2D eigenvalue weighted by atomic mass is 10.2. The van der Waals surface area contributed by atoms with Crippen LogP contribution < -0.4 is 10.6 Å². The van der Waals surface area contributed by atoms with Crippen molar-refractivity contribution in [2.45, 2.75) is 0 Å². The quantitative estimate of drug-likeness (QED) is 0.442. The number of hydrogen-bond acceptors (Lipinski definition) is 3.